The third-order valence-corrected chi connectivity index (χ3v) is 5.26. The Balaban J connectivity index is 1.64. The zero-order valence-electron chi connectivity index (χ0n) is 12.5. The molecule has 2 aromatic rings. The summed E-state index contributed by atoms with van der Waals surface area (Å²) in [6.45, 7) is 3.84. The monoisotopic (exact) mass is 339 g/mol. The summed E-state index contributed by atoms with van der Waals surface area (Å²) in [7, 11) is 0. The molecule has 0 aliphatic heterocycles. The first kappa shape index (κ1) is 15.4. The number of hydrogen-bond donors (Lipinski definition) is 0. The van der Waals surface area contributed by atoms with Gasteiger partial charge >= 0.3 is 0 Å². The minimum absolute atomic E-state index is 0.111. The standard InChI is InChI=1S/C13H17N5O2S2/c1-3-9-14-15-10(20-9)7-21-13-17-16-12(22-13)18(8-5-6-8)11(19)4-2/h8H,3-7H2,1-2H3. The number of aromatic nitrogens is 4. The zero-order valence-corrected chi connectivity index (χ0v) is 14.1. The Bertz CT molecular complexity index is 652. The summed E-state index contributed by atoms with van der Waals surface area (Å²) in [6, 6.07) is 0.307. The molecule has 118 valence electrons. The van der Waals surface area contributed by atoms with Crippen LogP contribution in [-0.4, -0.2) is 32.3 Å². The number of aryl methyl sites for hydroxylation is 1. The maximum Gasteiger partial charge on any atom is 0.228 e. The molecule has 0 unspecified atom stereocenters. The van der Waals surface area contributed by atoms with Gasteiger partial charge in [0.1, 0.15) is 0 Å². The highest BCUT2D eigenvalue weighted by molar-refractivity contribution is 8.00. The highest BCUT2D eigenvalue weighted by Gasteiger charge is 2.35. The largest absolute Gasteiger partial charge is 0.424 e. The van der Waals surface area contributed by atoms with Gasteiger partial charge in [0.25, 0.3) is 0 Å². The van der Waals surface area contributed by atoms with Gasteiger partial charge in [-0.25, -0.2) is 0 Å². The first-order valence-corrected chi connectivity index (χ1v) is 9.11. The van der Waals surface area contributed by atoms with Crippen molar-refractivity contribution >= 4 is 34.1 Å². The second-order valence-corrected chi connectivity index (χ2v) is 7.11. The second-order valence-electron chi connectivity index (χ2n) is 4.93. The Kier molecular flexibility index (Phi) is 4.72. The van der Waals surface area contributed by atoms with Crippen molar-refractivity contribution in [1.29, 1.82) is 0 Å². The molecule has 1 aliphatic rings. The van der Waals surface area contributed by atoms with Crippen molar-refractivity contribution in [2.75, 3.05) is 4.90 Å². The van der Waals surface area contributed by atoms with E-state index in [2.05, 4.69) is 20.4 Å². The first-order valence-electron chi connectivity index (χ1n) is 7.30. The molecule has 2 heterocycles. The van der Waals surface area contributed by atoms with Gasteiger partial charge in [-0.3, -0.25) is 9.69 Å². The fourth-order valence-electron chi connectivity index (χ4n) is 1.94. The first-order chi connectivity index (χ1) is 10.7. The predicted octanol–water partition coefficient (Wildman–Crippen LogP) is 2.68. The second kappa shape index (κ2) is 6.74. The molecule has 1 saturated carbocycles. The Morgan fingerprint density at radius 3 is 2.68 bits per heavy atom. The van der Waals surface area contributed by atoms with Crippen molar-refractivity contribution in [1.82, 2.24) is 20.4 Å². The number of anilines is 1. The van der Waals surface area contributed by atoms with Gasteiger partial charge in [-0.05, 0) is 12.8 Å². The van der Waals surface area contributed by atoms with Crippen LogP contribution in [0.5, 0.6) is 0 Å². The van der Waals surface area contributed by atoms with E-state index in [1.54, 1.807) is 4.90 Å². The average molecular weight is 339 g/mol. The fraction of sp³-hybridized carbons (Fsp3) is 0.615. The Labute approximate surface area is 136 Å². The molecule has 22 heavy (non-hydrogen) atoms. The molecular weight excluding hydrogens is 322 g/mol. The van der Waals surface area contributed by atoms with Gasteiger partial charge in [-0.1, -0.05) is 36.9 Å². The third kappa shape index (κ3) is 3.46. The van der Waals surface area contributed by atoms with Crippen molar-refractivity contribution in [3.05, 3.63) is 11.8 Å². The molecule has 0 saturated heterocycles. The summed E-state index contributed by atoms with van der Waals surface area (Å²) in [6.07, 6.45) is 3.32. The van der Waals surface area contributed by atoms with Crippen molar-refractivity contribution in [2.45, 2.75) is 55.7 Å². The van der Waals surface area contributed by atoms with Crippen molar-refractivity contribution < 1.29 is 9.21 Å². The molecule has 0 atom stereocenters. The zero-order chi connectivity index (χ0) is 15.5. The molecule has 0 bridgehead atoms. The maximum atomic E-state index is 12.0. The molecule has 9 heteroatoms. The van der Waals surface area contributed by atoms with Gasteiger partial charge in [-0.15, -0.1) is 20.4 Å². The van der Waals surface area contributed by atoms with Gasteiger partial charge in [0.2, 0.25) is 22.8 Å². The lowest BCUT2D eigenvalue weighted by molar-refractivity contribution is -0.118. The minimum Gasteiger partial charge on any atom is -0.424 e. The number of hydrogen-bond acceptors (Lipinski definition) is 8. The number of rotatable bonds is 7. The molecule has 2 aromatic heterocycles. The summed E-state index contributed by atoms with van der Waals surface area (Å²) in [5.74, 6) is 1.90. The molecule has 0 N–H and O–H groups in total. The van der Waals surface area contributed by atoms with Gasteiger partial charge in [0.05, 0.1) is 5.75 Å². The Morgan fingerprint density at radius 1 is 1.27 bits per heavy atom. The van der Waals surface area contributed by atoms with E-state index in [1.165, 1.54) is 23.1 Å². The summed E-state index contributed by atoms with van der Waals surface area (Å²) in [5, 5.41) is 16.9. The van der Waals surface area contributed by atoms with Crippen LogP contribution in [0.15, 0.2) is 8.76 Å². The number of carbonyl (C=O) groups excluding carboxylic acids is 1. The quantitative estimate of drug-likeness (QED) is 0.566. The number of nitrogens with zero attached hydrogens (tertiary/aromatic N) is 5. The van der Waals surface area contributed by atoms with E-state index in [-0.39, 0.29) is 5.91 Å². The topological polar surface area (TPSA) is 85.0 Å². The molecular formula is C13H17N5O2S2. The van der Waals surface area contributed by atoms with Crippen LogP contribution in [0.2, 0.25) is 0 Å². The van der Waals surface area contributed by atoms with Crippen molar-refractivity contribution in [3.8, 4) is 0 Å². The molecule has 1 amide bonds. The highest BCUT2D eigenvalue weighted by atomic mass is 32.2. The SMILES string of the molecule is CCC(=O)N(c1nnc(SCc2nnc(CC)o2)s1)C1CC1. The smallest absolute Gasteiger partial charge is 0.228 e. The minimum atomic E-state index is 0.111. The van der Waals surface area contributed by atoms with E-state index in [1.807, 2.05) is 13.8 Å². The van der Waals surface area contributed by atoms with Crippen LogP contribution in [-0.2, 0) is 17.0 Å². The fourth-order valence-corrected chi connectivity index (χ4v) is 3.71. The molecule has 7 nitrogen and oxygen atoms in total. The van der Waals surface area contributed by atoms with Gasteiger partial charge in [0.15, 0.2) is 4.34 Å². The van der Waals surface area contributed by atoms with E-state index in [9.17, 15) is 4.79 Å². The maximum absolute atomic E-state index is 12.0. The number of thioether (sulfide) groups is 1. The van der Waals surface area contributed by atoms with E-state index in [0.29, 0.717) is 35.1 Å². The lowest BCUT2D eigenvalue weighted by Gasteiger charge is -2.17. The van der Waals surface area contributed by atoms with Gasteiger partial charge in [0, 0.05) is 18.9 Å². The van der Waals surface area contributed by atoms with Gasteiger partial charge in [-0.2, -0.15) is 0 Å². The summed E-state index contributed by atoms with van der Waals surface area (Å²) < 4.78 is 6.27. The molecule has 0 radical (unpaired) electrons. The summed E-state index contributed by atoms with van der Waals surface area (Å²) in [4.78, 5) is 13.8. The van der Waals surface area contributed by atoms with E-state index in [4.69, 9.17) is 4.42 Å². The Morgan fingerprint density at radius 2 is 2.05 bits per heavy atom. The van der Waals surface area contributed by atoms with Crippen LogP contribution in [0, 0.1) is 0 Å². The summed E-state index contributed by atoms with van der Waals surface area (Å²) >= 11 is 2.94. The molecule has 3 rings (SSSR count). The lowest BCUT2D eigenvalue weighted by atomic mass is 10.4. The highest BCUT2D eigenvalue weighted by Crippen LogP contribution is 2.36. The number of carbonyl (C=O) groups is 1. The van der Waals surface area contributed by atoms with Crippen LogP contribution in [0.3, 0.4) is 0 Å². The normalized spacial score (nSPS) is 14.3. The van der Waals surface area contributed by atoms with Crippen molar-refractivity contribution in [2.24, 2.45) is 0 Å². The van der Waals surface area contributed by atoms with Crippen LogP contribution < -0.4 is 4.90 Å². The van der Waals surface area contributed by atoms with Crippen LogP contribution in [0.1, 0.15) is 44.9 Å². The van der Waals surface area contributed by atoms with E-state index >= 15 is 0 Å². The van der Waals surface area contributed by atoms with Gasteiger partial charge < -0.3 is 4.42 Å². The third-order valence-electron chi connectivity index (χ3n) is 3.22. The Hall–Kier alpha value is -1.48. The summed E-state index contributed by atoms with van der Waals surface area (Å²) in [5.41, 5.74) is 0. The van der Waals surface area contributed by atoms with Crippen LogP contribution in [0.25, 0.3) is 0 Å². The van der Waals surface area contributed by atoms with Crippen molar-refractivity contribution in [3.63, 3.8) is 0 Å². The molecule has 1 fully saturated rings. The molecule has 1 aliphatic carbocycles. The van der Waals surface area contributed by atoms with E-state index in [0.717, 1.165) is 23.6 Å². The molecule has 0 spiro atoms. The van der Waals surface area contributed by atoms with E-state index < -0.39 is 0 Å². The van der Waals surface area contributed by atoms with Crippen LogP contribution >= 0.6 is 23.1 Å². The van der Waals surface area contributed by atoms with Crippen LogP contribution in [0.4, 0.5) is 5.13 Å². The predicted molar refractivity (Wildman–Crippen MR) is 83.9 cm³/mol. The average Bonchev–Trinajstić information content (AvgIpc) is 3.07. The lowest BCUT2D eigenvalue weighted by Crippen LogP contribution is -2.32. The number of amides is 1. The molecule has 0 aromatic carbocycles.